The molecular weight excluding hydrogens is 314 g/mol. The van der Waals surface area contributed by atoms with Gasteiger partial charge in [0.05, 0.1) is 12.2 Å². The number of benzene rings is 1. The number of hydrogen-bond acceptors (Lipinski definition) is 4. The number of carbonyl (C=O) groups is 1. The Hall–Kier alpha value is -2.40. The highest BCUT2D eigenvalue weighted by molar-refractivity contribution is 5.97. The lowest BCUT2D eigenvalue weighted by Crippen LogP contribution is -2.49. The van der Waals surface area contributed by atoms with Crippen molar-refractivity contribution in [1.29, 1.82) is 0 Å². The molecule has 0 bridgehead atoms. The van der Waals surface area contributed by atoms with Gasteiger partial charge in [0.1, 0.15) is 5.75 Å². The van der Waals surface area contributed by atoms with Crippen LogP contribution in [-0.4, -0.2) is 53.5 Å². The molecule has 0 saturated carbocycles. The van der Waals surface area contributed by atoms with E-state index in [9.17, 15) is 4.79 Å². The number of ether oxygens (including phenoxy) is 1. The van der Waals surface area contributed by atoms with Gasteiger partial charge in [-0.25, -0.2) is 0 Å². The molecule has 1 aliphatic rings. The molecule has 1 amide bonds. The third kappa shape index (κ3) is 3.99. The van der Waals surface area contributed by atoms with Crippen molar-refractivity contribution in [2.24, 2.45) is 0 Å². The highest BCUT2D eigenvalue weighted by Gasteiger charge is 2.26. The summed E-state index contributed by atoms with van der Waals surface area (Å²) in [5.74, 6) is 0.721. The molecule has 0 aliphatic carbocycles. The van der Waals surface area contributed by atoms with E-state index in [2.05, 4.69) is 22.9 Å². The first-order valence-corrected chi connectivity index (χ1v) is 8.85. The number of pyridine rings is 1. The van der Waals surface area contributed by atoms with Crippen molar-refractivity contribution < 1.29 is 9.53 Å². The SMILES string of the molecule is CCOc1ccccc1C(=O)N1CCN([C@@H](C)c2cccnc2)CC1. The summed E-state index contributed by atoms with van der Waals surface area (Å²) in [6, 6.07) is 11.9. The molecule has 2 heterocycles. The monoisotopic (exact) mass is 339 g/mol. The van der Waals surface area contributed by atoms with Gasteiger partial charge in [-0.15, -0.1) is 0 Å². The number of piperazine rings is 1. The second kappa shape index (κ2) is 8.12. The lowest BCUT2D eigenvalue weighted by Gasteiger charge is -2.38. The van der Waals surface area contributed by atoms with Gasteiger partial charge in [0.25, 0.3) is 5.91 Å². The zero-order valence-corrected chi connectivity index (χ0v) is 14.9. The van der Waals surface area contributed by atoms with Crippen LogP contribution in [0.15, 0.2) is 48.8 Å². The van der Waals surface area contributed by atoms with Crippen molar-refractivity contribution in [3.8, 4) is 5.75 Å². The van der Waals surface area contributed by atoms with Gasteiger partial charge in [0, 0.05) is 44.6 Å². The summed E-state index contributed by atoms with van der Waals surface area (Å²) in [6.07, 6.45) is 3.71. The van der Waals surface area contributed by atoms with Gasteiger partial charge in [-0.2, -0.15) is 0 Å². The van der Waals surface area contributed by atoms with E-state index in [1.807, 2.05) is 48.4 Å². The molecule has 25 heavy (non-hydrogen) atoms. The molecule has 1 aliphatic heterocycles. The van der Waals surface area contributed by atoms with E-state index in [4.69, 9.17) is 4.74 Å². The van der Waals surface area contributed by atoms with E-state index in [0.717, 1.165) is 26.2 Å². The van der Waals surface area contributed by atoms with Crippen LogP contribution in [0.1, 0.15) is 35.8 Å². The molecule has 3 rings (SSSR count). The lowest BCUT2D eigenvalue weighted by atomic mass is 10.1. The Labute approximate surface area is 149 Å². The Bertz CT molecular complexity index is 697. The number of rotatable bonds is 5. The lowest BCUT2D eigenvalue weighted by molar-refractivity contribution is 0.0578. The predicted molar refractivity (Wildman–Crippen MR) is 97.7 cm³/mol. The highest BCUT2D eigenvalue weighted by atomic mass is 16.5. The summed E-state index contributed by atoms with van der Waals surface area (Å²) in [4.78, 5) is 21.4. The smallest absolute Gasteiger partial charge is 0.257 e. The Morgan fingerprint density at radius 1 is 1.16 bits per heavy atom. The van der Waals surface area contributed by atoms with Crippen molar-refractivity contribution >= 4 is 5.91 Å². The van der Waals surface area contributed by atoms with Gasteiger partial charge < -0.3 is 9.64 Å². The largest absolute Gasteiger partial charge is 0.493 e. The standard InChI is InChI=1S/C20H25N3O2/c1-3-25-19-9-5-4-8-18(19)20(24)23-13-11-22(12-14-23)16(2)17-7-6-10-21-15-17/h4-10,15-16H,3,11-14H2,1-2H3/t16-/m0/s1. The summed E-state index contributed by atoms with van der Waals surface area (Å²) in [7, 11) is 0. The van der Waals surface area contributed by atoms with Gasteiger partial charge in [0.15, 0.2) is 0 Å². The Morgan fingerprint density at radius 2 is 1.92 bits per heavy atom. The maximum atomic E-state index is 12.9. The normalized spacial score (nSPS) is 16.5. The van der Waals surface area contributed by atoms with E-state index in [-0.39, 0.29) is 5.91 Å². The van der Waals surface area contributed by atoms with Crippen molar-refractivity contribution in [3.63, 3.8) is 0 Å². The van der Waals surface area contributed by atoms with E-state index >= 15 is 0 Å². The molecule has 5 heteroatoms. The molecule has 1 aromatic carbocycles. The van der Waals surface area contributed by atoms with Crippen molar-refractivity contribution in [3.05, 3.63) is 59.9 Å². The molecule has 0 spiro atoms. The number of hydrogen-bond donors (Lipinski definition) is 0. The first-order valence-electron chi connectivity index (χ1n) is 8.85. The van der Waals surface area contributed by atoms with Gasteiger partial charge >= 0.3 is 0 Å². The second-order valence-corrected chi connectivity index (χ2v) is 6.22. The van der Waals surface area contributed by atoms with Crippen molar-refractivity contribution in [2.45, 2.75) is 19.9 Å². The Balaban J connectivity index is 1.63. The van der Waals surface area contributed by atoms with E-state index in [1.165, 1.54) is 5.56 Å². The van der Waals surface area contributed by atoms with Crippen LogP contribution < -0.4 is 4.74 Å². The van der Waals surface area contributed by atoms with Crippen LogP contribution in [0, 0.1) is 0 Å². The number of carbonyl (C=O) groups excluding carboxylic acids is 1. The predicted octanol–water partition coefficient (Wildman–Crippen LogP) is 3.00. The molecule has 5 nitrogen and oxygen atoms in total. The fourth-order valence-electron chi connectivity index (χ4n) is 3.24. The van der Waals surface area contributed by atoms with Crippen LogP contribution in [-0.2, 0) is 0 Å². The van der Waals surface area contributed by atoms with Gasteiger partial charge in [-0.05, 0) is 37.6 Å². The van der Waals surface area contributed by atoms with E-state index in [0.29, 0.717) is 24.0 Å². The summed E-state index contributed by atoms with van der Waals surface area (Å²) in [5.41, 5.74) is 1.86. The molecule has 1 aromatic heterocycles. The number of aromatic nitrogens is 1. The highest BCUT2D eigenvalue weighted by Crippen LogP contribution is 2.23. The summed E-state index contributed by atoms with van der Waals surface area (Å²) in [6.45, 7) is 7.85. The second-order valence-electron chi connectivity index (χ2n) is 6.22. The van der Waals surface area contributed by atoms with Crippen LogP contribution in [0.4, 0.5) is 0 Å². The average Bonchev–Trinajstić information content (AvgIpc) is 2.68. The number of nitrogens with zero attached hydrogens (tertiary/aromatic N) is 3. The maximum absolute atomic E-state index is 12.9. The Kier molecular flexibility index (Phi) is 5.66. The number of para-hydroxylation sites is 1. The molecule has 1 saturated heterocycles. The number of amides is 1. The van der Waals surface area contributed by atoms with Crippen LogP contribution in [0.25, 0.3) is 0 Å². The zero-order valence-electron chi connectivity index (χ0n) is 14.9. The van der Waals surface area contributed by atoms with Crippen LogP contribution >= 0.6 is 0 Å². The molecule has 0 radical (unpaired) electrons. The van der Waals surface area contributed by atoms with Crippen molar-refractivity contribution in [1.82, 2.24) is 14.8 Å². The van der Waals surface area contributed by atoms with Gasteiger partial charge in [-0.3, -0.25) is 14.7 Å². The topological polar surface area (TPSA) is 45.7 Å². The van der Waals surface area contributed by atoms with Gasteiger partial charge in [-0.1, -0.05) is 18.2 Å². The third-order valence-corrected chi connectivity index (χ3v) is 4.73. The molecule has 132 valence electrons. The van der Waals surface area contributed by atoms with Crippen LogP contribution in [0.3, 0.4) is 0 Å². The molecular formula is C20H25N3O2. The molecule has 1 atom stereocenters. The summed E-state index contributed by atoms with van der Waals surface area (Å²) >= 11 is 0. The first-order chi connectivity index (χ1) is 12.2. The quantitative estimate of drug-likeness (QED) is 0.840. The summed E-state index contributed by atoms with van der Waals surface area (Å²) in [5, 5.41) is 0. The minimum Gasteiger partial charge on any atom is -0.493 e. The van der Waals surface area contributed by atoms with E-state index in [1.54, 1.807) is 6.20 Å². The van der Waals surface area contributed by atoms with E-state index < -0.39 is 0 Å². The maximum Gasteiger partial charge on any atom is 0.257 e. The molecule has 1 fully saturated rings. The van der Waals surface area contributed by atoms with Crippen molar-refractivity contribution in [2.75, 3.05) is 32.8 Å². The third-order valence-electron chi connectivity index (χ3n) is 4.73. The van der Waals surface area contributed by atoms with Crippen LogP contribution in [0.2, 0.25) is 0 Å². The first kappa shape index (κ1) is 17.4. The van der Waals surface area contributed by atoms with Gasteiger partial charge in [0.2, 0.25) is 0 Å². The summed E-state index contributed by atoms with van der Waals surface area (Å²) < 4.78 is 5.60. The van der Waals surface area contributed by atoms with Crippen LogP contribution in [0.5, 0.6) is 5.75 Å². The average molecular weight is 339 g/mol. The molecule has 0 N–H and O–H groups in total. The minimum absolute atomic E-state index is 0.0535. The molecule has 0 unspecified atom stereocenters. The minimum atomic E-state index is 0.0535. The fraction of sp³-hybridized carbons (Fsp3) is 0.400. The zero-order chi connectivity index (χ0) is 17.6. The Morgan fingerprint density at radius 3 is 2.60 bits per heavy atom. The molecule has 2 aromatic rings. The fourth-order valence-corrected chi connectivity index (χ4v) is 3.24.